The number of hydrogen-bond acceptors (Lipinski definition) is 3. The van der Waals surface area contributed by atoms with E-state index < -0.39 is 0 Å². The number of benzene rings is 3. The number of methoxy groups -OCH3 is 1. The molecule has 0 radical (unpaired) electrons. The average molecular weight is 556 g/mol. The van der Waals surface area contributed by atoms with Crippen LogP contribution in [0.25, 0.3) is 5.69 Å². The molecule has 0 saturated heterocycles. The minimum atomic E-state index is -0.361. The second-order valence-corrected chi connectivity index (χ2v) is 10.4. The zero-order chi connectivity index (χ0) is 22.7. The fourth-order valence-corrected chi connectivity index (χ4v) is 5.61. The molecule has 0 spiro atoms. The van der Waals surface area contributed by atoms with E-state index in [0.29, 0.717) is 16.7 Å². The van der Waals surface area contributed by atoms with E-state index in [1.165, 1.54) is 4.57 Å². The van der Waals surface area contributed by atoms with Crippen LogP contribution in [0.5, 0.6) is 5.75 Å². The average Bonchev–Trinajstić information content (AvgIpc) is 2.81. The zero-order valence-electron chi connectivity index (χ0n) is 17.6. The Hall–Kier alpha value is -2.86. The number of ether oxygens (including phenoxy) is 1. The molecular weight excluding hydrogens is 535 g/mol. The van der Waals surface area contributed by atoms with E-state index in [1.807, 2.05) is 73.7 Å². The van der Waals surface area contributed by atoms with E-state index in [2.05, 4.69) is 15.9 Å². The third-order valence-corrected chi connectivity index (χ3v) is 8.06. The topological polar surface area (TPSA) is 53.2 Å². The molecule has 0 fully saturated rings. The molecule has 1 aromatic heterocycles. The molecule has 0 unspecified atom stereocenters. The first-order valence-corrected chi connectivity index (χ1v) is 12.5. The van der Waals surface area contributed by atoms with Crippen LogP contribution in [0.2, 0.25) is 0 Å². The van der Waals surface area contributed by atoms with Crippen molar-refractivity contribution in [1.82, 2.24) is 9.13 Å². The number of hydrogen-bond donors (Lipinski definition) is 0. The first-order valence-electron chi connectivity index (χ1n) is 9.96. The van der Waals surface area contributed by atoms with Gasteiger partial charge in [0.2, 0.25) is 0 Å². The van der Waals surface area contributed by atoms with Gasteiger partial charge >= 0.3 is 201 Å². The van der Waals surface area contributed by atoms with Gasteiger partial charge in [0.15, 0.2) is 0 Å². The summed E-state index contributed by atoms with van der Waals surface area (Å²) in [5.74, 6) is 0.754. The summed E-state index contributed by atoms with van der Waals surface area (Å²) in [6.45, 7) is 2.25. The number of aromatic nitrogens is 2. The molecule has 0 atom stereocenters. The Balaban J connectivity index is 1.88. The summed E-state index contributed by atoms with van der Waals surface area (Å²) < 4.78 is 10.7. The summed E-state index contributed by atoms with van der Waals surface area (Å²) in [6.07, 6.45) is 1.71. The van der Waals surface area contributed by atoms with Gasteiger partial charge in [0.1, 0.15) is 0 Å². The summed E-state index contributed by atoms with van der Waals surface area (Å²) in [4.78, 5) is 27.0. The van der Waals surface area contributed by atoms with Gasteiger partial charge in [-0.2, -0.15) is 0 Å². The standard InChI is InChI=1S/C25H21BrN2O3Se/c1-17-21(26)9-6-10-22(17)28-24(29)23(32-20-7-4-3-5-8-20)16-27(25(28)30)15-18-11-13-19(31-2)14-12-18/h3-14,16H,15H2,1-2H3. The van der Waals surface area contributed by atoms with E-state index in [9.17, 15) is 9.59 Å². The van der Waals surface area contributed by atoms with E-state index in [0.717, 1.165) is 25.8 Å². The fraction of sp³-hybridized carbons (Fsp3) is 0.120. The molecule has 7 heteroatoms. The Morgan fingerprint density at radius 3 is 2.34 bits per heavy atom. The number of halogens is 1. The van der Waals surface area contributed by atoms with Gasteiger partial charge in [-0.1, -0.05) is 0 Å². The van der Waals surface area contributed by atoms with E-state index in [4.69, 9.17) is 4.74 Å². The third-order valence-electron chi connectivity index (χ3n) is 5.09. The Kier molecular flexibility index (Phi) is 6.80. The first-order chi connectivity index (χ1) is 15.5. The van der Waals surface area contributed by atoms with Crippen molar-refractivity contribution in [2.24, 2.45) is 0 Å². The quantitative estimate of drug-likeness (QED) is 0.344. The van der Waals surface area contributed by atoms with Gasteiger partial charge in [-0.25, -0.2) is 0 Å². The summed E-state index contributed by atoms with van der Waals surface area (Å²) in [5.41, 5.74) is 1.74. The predicted molar refractivity (Wildman–Crippen MR) is 132 cm³/mol. The van der Waals surface area contributed by atoms with E-state index in [1.54, 1.807) is 23.9 Å². The van der Waals surface area contributed by atoms with Crippen LogP contribution < -0.4 is 24.9 Å². The number of nitrogens with zero attached hydrogens (tertiary/aromatic N) is 2. The van der Waals surface area contributed by atoms with Crippen LogP contribution in [0.15, 0.2) is 93.1 Å². The Morgan fingerprint density at radius 1 is 0.938 bits per heavy atom. The molecule has 0 amide bonds. The second-order valence-electron chi connectivity index (χ2n) is 7.19. The van der Waals surface area contributed by atoms with Crippen molar-refractivity contribution >= 4 is 39.8 Å². The normalized spacial score (nSPS) is 10.8. The third kappa shape index (κ3) is 4.65. The molecule has 4 aromatic rings. The molecule has 0 aliphatic carbocycles. The molecular formula is C25H21BrN2O3Se. The molecule has 1 heterocycles. The van der Waals surface area contributed by atoms with Crippen molar-refractivity contribution in [3.05, 3.63) is 115 Å². The van der Waals surface area contributed by atoms with Gasteiger partial charge in [0, 0.05) is 0 Å². The van der Waals surface area contributed by atoms with Gasteiger partial charge in [0.25, 0.3) is 0 Å². The van der Waals surface area contributed by atoms with Crippen molar-refractivity contribution in [1.29, 1.82) is 0 Å². The fourth-order valence-electron chi connectivity index (χ4n) is 3.35. The molecule has 0 saturated carbocycles. The van der Waals surface area contributed by atoms with Gasteiger partial charge in [-0.3, -0.25) is 0 Å². The molecule has 32 heavy (non-hydrogen) atoms. The van der Waals surface area contributed by atoms with Crippen LogP contribution in [-0.4, -0.2) is 31.2 Å². The molecule has 3 aromatic carbocycles. The molecule has 4 rings (SSSR count). The maximum absolute atomic E-state index is 13.5. The van der Waals surface area contributed by atoms with Crippen molar-refractivity contribution in [3.63, 3.8) is 0 Å². The second kappa shape index (κ2) is 9.74. The summed E-state index contributed by atoms with van der Waals surface area (Å²) in [5, 5.41) is 0. The number of rotatable bonds is 6. The molecule has 0 bridgehead atoms. The van der Waals surface area contributed by atoms with Gasteiger partial charge in [-0.15, -0.1) is 0 Å². The van der Waals surface area contributed by atoms with E-state index in [-0.39, 0.29) is 26.2 Å². The van der Waals surface area contributed by atoms with Gasteiger partial charge < -0.3 is 0 Å². The Morgan fingerprint density at radius 2 is 1.66 bits per heavy atom. The van der Waals surface area contributed by atoms with Crippen LogP contribution >= 0.6 is 15.9 Å². The molecule has 0 N–H and O–H groups in total. The predicted octanol–water partition coefficient (Wildman–Crippen LogP) is 2.78. The van der Waals surface area contributed by atoms with Gasteiger partial charge in [-0.05, 0) is 0 Å². The van der Waals surface area contributed by atoms with Crippen LogP contribution in [0, 0.1) is 6.92 Å². The molecule has 0 aliphatic heterocycles. The van der Waals surface area contributed by atoms with Crippen LogP contribution in [0.4, 0.5) is 0 Å². The zero-order valence-corrected chi connectivity index (χ0v) is 20.9. The van der Waals surface area contributed by atoms with Crippen LogP contribution in [-0.2, 0) is 6.54 Å². The molecule has 162 valence electrons. The van der Waals surface area contributed by atoms with Crippen molar-refractivity contribution in [2.75, 3.05) is 7.11 Å². The Bertz CT molecular complexity index is 1360. The van der Waals surface area contributed by atoms with Crippen molar-refractivity contribution in [2.45, 2.75) is 13.5 Å². The SMILES string of the molecule is COc1ccc(Cn2cc([Se]c3ccccc3)c(=O)n(-c3cccc(Br)c3C)c2=O)cc1. The minimum absolute atomic E-state index is 0.241. The molecule has 0 aliphatic rings. The maximum atomic E-state index is 13.5. The first kappa shape index (κ1) is 22.3. The summed E-state index contributed by atoms with van der Waals surface area (Å²) >= 11 is 3.28. The van der Waals surface area contributed by atoms with Crippen molar-refractivity contribution < 1.29 is 4.74 Å². The summed E-state index contributed by atoms with van der Waals surface area (Å²) in [6, 6.07) is 23.0. The van der Waals surface area contributed by atoms with Crippen LogP contribution in [0.3, 0.4) is 0 Å². The summed E-state index contributed by atoms with van der Waals surface area (Å²) in [7, 11) is 1.62. The Labute approximate surface area is 200 Å². The molecule has 5 nitrogen and oxygen atoms in total. The van der Waals surface area contributed by atoms with E-state index >= 15 is 0 Å². The monoisotopic (exact) mass is 556 g/mol. The van der Waals surface area contributed by atoms with Crippen LogP contribution in [0.1, 0.15) is 11.1 Å². The van der Waals surface area contributed by atoms with Gasteiger partial charge in [0.05, 0.1) is 0 Å². The van der Waals surface area contributed by atoms with Crippen molar-refractivity contribution in [3.8, 4) is 11.4 Å².